The van der Waals surface area contributed by atoms with E-state index in [4.69, 9.17) is 0 Å². The van der Waals surface area contributed by atoms with Crippen LogP contribution in [0.25, 0.3) is 5.57 Å². The summed E-state index contributed by atoms with van der Waals surface area (Å²) in [6.45, 7) is 0. The number of hydrogen-bond acceptors (Lipinski definition) is 4. The molecule has 1 heterocycles. The van der Waals surface area contributed by atoms with E-state index in [1.54, 1.807) is 0 Å². The first-order valence-corrected chi connectivity index (χ1v) is 7.15. The van der Waals surface area contributed by atoms with E-state index in [0.29, 0.717) is 18.5 Å². The van der Waals surface area contributed by atoms with E-state index in [-0.39, 0.29) is 6.10 Å². The molecule has 0 amide bonds. The molecule has 1 N–H and O–H groups in total. The van der Waals surface area contributed by atoms with Crippen molar-refractivity contribution in [3.05, 3.63) is 24.3 Å². The molecular weight excluding hydrogens is 254 g/mol. The Morgan fingerprint density at radius 3 is 2.78 bits per heavy atom. The van der Waals surface area contributed by atoms with Gasteiger partial charge >= 0.3 is 10.2 Å². The number of aliphatic hydroxyl groups is 1. The van der Waals surface area contributed by atoms with Gasteiger partial charge in [0.2, 0.25) is 0 Å². The molecule has 100 valence electrons. The molecule has 7 heteroatoms. The number of allylic oxidation sites excluding steroid dienone is 1. The van der Waals surface area contributed by atoms with Gasteiger partial charge in [0, 0.05) is 20.3 Å². The normalized spacial score (nSPS) is 21.1. The summed E-state index contributed by atoms with van der Waals surface area (Å²) in [5.74, 6) is 0. The monoisotopic (exact) mass is 271 g/mol. The Morgan fingerprint density at radius 2 is 2.22 bits per heavy atom. The first-order chi connectivity index (χ1) is 8.41. The van der Waals surface area contributed by atoms with E-state index in [0.717, 1.165) is 20.3 Å². The highest BCUT2D eigenvalue weighted by atomic mass is 32.2. The van der Waals surface area contributed by atoms with Gasteiger partial charge in [-0.1, -0.05) is 6.08 Å². The zero-order valence-electron chi connectivity index (χ0n) is 10.4. The van der Waals surface area contributed by atoms with Crippen LogP contribution < -0.4 is 0 Å². The fourth-order valence-electron chi connectivity index (χ4n) is 1.84. The molecule has 0 fully saturated rings. The molecule has 0 saturated heterocycles. The molecule has 0 bridgehead atoms. The Morgan fingerprint density at radius 1 is 1.50 bits per heavy atom. The second-order valence-electron chi connectivity index (χ2n) is 4.54. The zero-order chi connectivity index (χ0) is 13.3. The molecule has 0 saturated carbocycles. The lowest BCUT2D eigenvalue weighted by Crippen LogP contribution is -2.27. The molecule has 1 unspecified atom stereocenters. The second-order valence-corrected chi connectivity index (χ2v) is 6.58. The molecule has 0 radical (unpaired) electrons. The SMILES string of the molecule is CN(C)S(=O)(=O)n1cnc(C2=CCC(O)CC2)c1. The van der Waals surface area contributed by atoms with Crippen LogP contribution in [0.2, 0.25) is 0 Å². The molecular formula is C11H17N3O3S. The number of imidazole rings is 1. The van der Waals surface area contributed by atoms with Gasteiger partial charge in [0.15, 0.2) is 0 Å². The van der Waals surface area contributed by atoms with Crippen LogP contribution in [0, 0.1) is 0 Å². The lowest BCUT2D eigenvalue weighted by Gasteiger charge is -2.15. The van der Waals surface area contributed by atoms with Gasteiger partial charge in [-0.2, -0.15) is 12.7 Å². The number of nitrogens with zero attached hydrogens (tertiary/aromatic N) is 3. The Bertz CT molecular complexity index is 560. The topological polar surface area (TPSA) is 75.4 Å². The lowest BCUT2D eigenvalue weighted by atomic mass is 9.96. The predicted molar refractivity (Wildman–Crippen MR) is 68.1 cm³/mol. The number of aromatic nitrogens is 2. The minimum absolute atomic E-state index is 0.290. The number of rotatable bonds is 3. The Kier molecular flexibility index (Phi) is 3.56. The number of aliphatic hydroxyl groups excluding tert-OH is 1. The van der Waals surface area contributed by atoms with E-state index in [2.05, 4.69) is 4.98 Å². The molecule has 1 atom stereocenters. The molecule has 2 rings (SSSR count). The van der Waals surface area contributed by atoms with Crippen molar-refractivity contribution in [2.45, 2.75) is 25.4 Å². The van der Waals surface area contributed by atoms with Crippen molar-refractivity contribution in [2.75, 3.05) is 14.1 Å². The van der Waals surface area contributed by atoms with Gasteiger partial charge in [0.1, 0.15) is 6.33 Å². The average molecular weight is 271 g/mol. The maximum absolute atomic E-state index is 11.9. The second kappa shape index (κ2) is 4.83. The summed E-state index contributed by atoms with van der Waals surface area (Å²) in [4.78, 5) is 4.12. The highest BCUT2D eigenvalue weighted by Gasteiger charge is 2.19. The smallest absolute Gasteiger partial charge is 0.308 e. The van der Waals surface area contributed by atoms with E-state index in [9.17, 15) is 13.5 Å². The highest BCUT2D eigenvalue weighted by Crippen LogP contribution is 2.26. The van der Waals surface area contributed by atoms with Gasteiger partial charge in [-0.3, -0.25) is 0 Å². The maximum atomic E-state index is 11.9. The van der Waals surface area contributed by atoms with Crippen molar-refractivity contribution in [2.24, 2.45) is 0 Å². The minimum atomic E-state index is -3.49. The van der Waals surface area contributed by atoms with Crippen LogP contribution >= 0.6 is 0 Å². The molecule has 0 aromatic carbocycles. The fraction of sp³-hybridized carbons (Fsp3) is 0.545. The van der Waals surface area contributed by atoms with Crippen molar-refractivity contribution >= 4 is 15.8 Å². The van der Waals surface area contributed by atoms with Gasteiger partial charge in [-0.05, 0) is 24.8 Å². The van der Waals surface area contributed by atoms with Gasteiger partial charge in [-0.25, -0.2) is 8.96 Å². The molecule has 1 aliphatic carbocycles. The number of hydrogen-bond donors (Lipinski definition) is 1. The first kappa shape index (κ1) is 13.3. The van der Waals surface area contributed by atoms with Crippen molar-refractivity contribution in [1.29, 1.82) is 0 Å². The van der Waals surface area contributed by atoms with Crippen molar-refractivity contribution in [3.63, 3.8) is 0 Å². The maximum Gasteiger partial charge on any atom is 0.308 e. The molecule has 6 nitrogen and oxygen atoms in total. The lowest BCUT2D eigenvalue weighted by molar-refractivity contribution is 0.166. The highest BCUT2D eigenvalue weighted by molar-refractivity contribution is 7.87. The summed E-state index contributed by atoms with van der Waals surface area (Å²) < 4.78 is 26.0. The molecule has 1 aromatic heterocycles. The van der Waals surface area contributed by atoms with Gasteiger partial charge in [0.05, 0.1) is 11.8 Å². The van der Waals surface area contributed by atoms with Gasteiger partial charge < -0.3 is 5.11 Å². The van der Waals surface area contributed by atoms with Crippen LogP contribution in [-0.4, -0.2) is 47.0 Å². The molecule has 0 aliphatic heterocycles. The van der Waals surface area contributed by atoms with E-state index >= 15 is 0 Å². The van der Waals surface area contributed by atoms with Crippen LogP contribution in [0.4, 0.5) is 0 Å². The summed E-state index contributed by atoms with van der Waals surface area (Å²) in [6.07, 6.45) is 6.46. The largest absolute Gasteiger partial charge is 0.393 e. The van der Waals surface area contributed by atoms with Crippen LogP contribution in [0.3, 0.4) is 0 Å². The Balaban J connectivity index is 2.27. The summed E-state index contributed by atoms with van der Waals surface area (Å²) >= 11 is 0. The van der Waals surface area contributed by atoms with E-state index in [1.807, 2.05) is 6.08 Å². The summed E-state index contributed by atoms with van der Waals surface area (Å²) in [5.41, 5.74) is 1.65. The van der Waals surface area contributed by atoms with E-state index < -0.39 is 10.2 Å². The molecule has 1 aliphatic rings. The Labute approximate surface area is 107 Å². The average Bonchev–Trinajstić information content (AvgIpc) is 2.79. The van der Waals surface area contributed by atoms with Crippen molar-refractivity contribution in [1.82, 2.24) is 13.3 Å². The first-order valence-electron chi connectivity index (χ1n) is 5.75. The molecule has 18 heavy (non-hydrogen) atoms. The summed E-state index contributed by atoms with van der Waals surface area (Å²) in [6, 6.07) is 0. The quantitative estimate of drug-likeness (QED) is 0.867. The van der Waals surface area contributed by atoms with Crippen molar-refractivity contribution in [3.8, 4) is 0 Å². The van der Waals surface area contributed by atoms with Crippen LogP contribution in [0.5, 0.6) is 0 Å². The third-order valence-electron chi connectivity index (χ3n) is 3.00. The third kappa shape index (κ3) is 2.47. The van der Waals surface area contributed by atoms with Crippen LogP contribution in [-0.2, 0) is 10.2 Å². The van der Waals surface area contributed by atoms with Gasteiger partial charge in [-0.15, -0.1) is 0 Å². The molecule has 1 aromatic rings. The van der Waals surface area contributed by atoms with Gasteiger partial charge in [0.25, 0.3) is 0 Å². The fourth-order valence-corrected chi connectivity index (χ4v) is 2.62. The van der Waals surface area contributed by atoms with E-state index in [1.165, 1.54) is 26.6 Å². The molecule has 0 spiro atoms. The minimum Gasteiger partial charge on any atom is -0.393 e. The predicted octanol–water partition coefficient (Wildman–Crippen LogP) is 0.466. The van der Waals surface area contributed by atoms with Crippen LogP contribution in [0.1, 0.15) is 25.0 Å². The summed E-state index contributed by atoms with van der Waals surface area (Å²) in [7, 11) is -0.540. The van der Waals surface area contributed by atoms with Crippen molar-refractivity contribution < 1.29 is 13.5 Å². The third-order valence-corrected chi connectivity index (χ3v) is 4.66. The summed E-state index contributed by atoms with van der Waals surface area (Å²) in [5, 5.41) is 9.41. The zero-order valence-corrected chi connectivity index (χ0v) is 11.3. The van der Waals surface area contributed by atoms with Crippen LogP contribution in [0.15, 0.2) is 18.6 Å². The standard InChI is InChI=1S/C11H17N3O3S/c1-13(2)18(16,17)14-7-11(12-8-14)9-3-5-10(15)6-4-9/h3,7-8,10,15H,4-6H2,1-2H3. The Hall–Kier alpha value is -1.18.